The summed E-state index contributed by atoms with van der Waals surface area (Å²) in [4.78, 5) is 11.3. The average molecular weight is 285 g/mol. The summed E-state index contributed by atoms with van der Waals surface area (Å²) in [7, 11) is 0. The zero-order chi connectivity index (χ0) is 14.1. The van der Waals surface area contributed by atoms with E-state index in [4.69, 9.17) is 21.4 Å². The van der Waals surface area contributed by atoms with Crippen LogP contribution in [-0.2, 0) is 11.2 Å². The molecule has 1 N–H and O–H groups in total. The summed E-state index contributed by atoms with van der Waals surface area (Å²) in [5.74, 6) is 0.372. The van der Waals surface area contributed by atoms with E-state index in [1.165, 1.54) is 0 Å². The van der Waals surface area contributed by atoms with Crippen LogP contribution in [0.3, 0.4) is 0 Å². The highest BCUT2D eigenvalue weighted by molar-refractivity contribution is 6.20. The predicted molar refractivity (Wildman–Crippen MR) is 76.6 cm³/mol. The van der Waals surface area contributed by atoms with Gasteiger partial charge in [0.15, 0.2) is 0 Å². The molecule has 1 rings (SSSR count). The van der Waals surface area contributed by atoms with Gasteiger partial charge in [0.1, 0.15) is 5.75 Å². The molecular weight excluding hydrogens is 264 g/mol. The molecule has 0 bridgehead atoms. The average Bonchev–Trinajstić information content (AvgIpc) is 2.39. The van der Waals surface area contributed by atoms with E-state index in [0.29, 0.717) is 12.2 Å². The maximum Gasteiger partial charge on any atom is 0.311 e. The van der Waals surface area contributed by atoms with Crippen LogP contribution in [0.4, 0.5) is 0 Å². The Balaban J connectivity index is 2.45. The maximum absolute atomic E-state index is 11.3. The molecule has 0 radical (unpaired) electrons. The highest BCUT2D eigenvalue weighted by Crippen LogP contribution is 2.17. The van der Waals surface area contributed by atoms with Gasteiger partial charge >= 0.3 is 5.97 Å². The van der Waals surface area contributed by atoms with Gasteiger partial charge in [-0.15, -0.1) is 11.6 Å². The predicted octanol–water partition coefficient (Wildman–Crippen LogP) is 3.31. The second kappa shape index (κ2) is 8.94. The molecule has 106 valence electrons. The van der Waals surface area contributed by atoms with Crippen LogP contribution in [0, 0.1) is 0 Å². The molecule has 3 nitrogen and oxygen atoms in total. The van der Waals surface area contributed by atoms with Crippen molar-refractivity contribution in [3.8, 4) is 5.75 Å². The van der Waals surface area contributed by atoms with Gasteiger partial charge in [-0.2, -0.15) is 0 Å². The second-order valence-corrected chi connectivity index (χ2v) is 5.15. The molecule has 4 heteroatoms. The van der Waals surface area contributed by atoms with Gasteiger partial charge in [-0.1, -0.05) is 19.1 Å². The molecule has 0 aliphatic rings. The number of ether oxygens (including phenoxy) is 1. The lowest BCUT2D eigenvalue weighted by molar-refractivity contribution is -0.134. The van der Waals surface area contributed by atoms with Gasteiger partial charge in [0.25, 0.3) is 0 Å². The van der Waals surface area contributed by atoms with Gasteiger partial charge in [-0.25, -0.2) is 0 Å². The normalized spacial score (nSPS) is 12.2. The first-order chi connectivity index (χ1) is 9.15. The fraction of sp³-hybridized carbons (Fsp3) is 0.533. The third kappa shape index (κ3) is 6.60. The smallest absolute Gasteiger partial charge is 0.311 e. The number of aliphatic hydroxyl groups is 1. The first-order valence-corrected chi connectivity index (χ1v) is 7.14. The van der Waals surface area contributed by atoms with Crippen LogP contribution in [0.2, 0.25) is 0 Å². The second-order valence-electron chi connectivity index (χ2n) is 4.54. The monoisotopic (exact) mass is 284 g/mol. The number of rotatable bonds is 8. The molecule has 0 aliphatic heterocycles. The van der Waals surface area contributed by atoms with Crippen LogP contribution >= 0.6 is 11.6 Å². The standard InChI is InChI=1S/C15H21ClO3/c1-2-4-15(18)19-14-8-6-12(7-9-14)11-13(16)5-3-10-17/h6-9,13,17H,2-5,10-11H2,1H3. The largest absolute Gasteiger partial charge is 0.427 e. The molecule has 1 aromatic carbocycles. The lowest BCUT2D eigenvalue weighted by Crippen LogP contribution is -2.07. The van der Waals surface area contributed by atoms with E-state index in [9.17, 15) is 4.79 Å². The Bertz CT molecular complexity index is 375. The van der Waals surface area contributed by atoms with Crippen LogP contribution in [-0.4, -0.2) is 23.1 Å². The van der Waals surface area contributed by atoms with E-state index in [-0.39, 0.29) is 18.0 Å². The number of esters is 1. The van der Waals surface area contributed by atoms with Gasteiger partial charge < -0.3 is 9.84 Å². The summed E-state index contributed by atoms with van der Waals surface area (Å²) in [5, 5.41) is 8.77. The van der Waals surface area contributed by atoms with Crippen molar-refractivity contribution in [1.29, 1.82) is 0 Å². The molecule has 1 unspecified atom stereocenters. The number of hydrogen-bond acceptors (Lipinski definition) is 3. The molecule has 0 fully saturated rings. The van der Waals surface area contributed by atoms with E-state index in [0.717, 1.165) is 31.2 Å². The van der Waals surface area contributed by atoms with Crippen LogP contribution in [0.5, 0.6) is 5.75 Å². The third-order valence-corrected chi connectivity index (χ3v) is 3.11. The summed E-state index contributed by atoms with van der Waals surface area (Å²) < 4.78 is 5.17. The SMILES string of the molecule is CCCC(=O)Oc1ccc(CC(Cl)CCCO)cc1. The third-order valence-electron chi connectivity index (χ3n) is 2.74. The molecule has 0 aliphatic carbocycles. The maximum atomic E-state index is 11.3. The highest BCUT2D eigenvalue weighted by Gasteiger charge is 2.07. The Hall–Kier alpha value is -1.06. The number of benzene rings is 1. The Labute approximate surface area is 119 Å². The zero-order valence-electron chi connectivity index (χ0n) is 11.3. The van der Waals surface area contributed by atoms with Crippen molar-refractivity contribution in [3.05, 3.63) is 29.8 Å². The summed E-state index contributed by atoms with van der Waals surface area (Å²) in [5.41, 5.74) is 1.10. The van der Waals surface area contributed by atoms with E-state index < -0.39 is 0 Å². The van der Waals surface area contributed by atoms with Crippen molar-refractivity contribution in [1.82, 2.24) is 0 Å². The highest BCUT2D eigenvalue weighted by atomic mass is 35.5. The van der Waals surface area contributed by atoms with E-state index >= 15 is 0 Å². The van der Waals surface area contributed by atoms with E-state index in [2.05, 4.69) is 0 Å². The minimum absolute atomic E-state index is 0.0284. The zero-order valence-corrected chi connectivity index (χ0v) is 12.0. The molecule has 0 spiro atoms. The van der Waals surface area contributed by atoms with Crippen molar-refractivity contribution < 1.29 is 14.6 Å². The van der Waals surface area contributed by atoms with E-state index in [1.54, 1.807) is 12.1 Å². The number of aliphatic hydroxyl groups excluding tert-OH is 1. The van der Waals surface area contributed by atoms with Crippen LogP contribution < -0.4 is 4.74 Å². The van der Waals surface area contributed by atoms with Crippen molar-refractivity contribution >= 4 is 17.6 Å². The molecule has 19 heavy (non-hydrogen) atoms. The number of alkyl halides is 1. The molecule has 0 aromatic heterocycles. The van der Waals surface area contributed by atoms with Crippen molar-refractivity contribution in [2.24, 2.45) is 0 Å². The topological polar surface area (TPSA) is 46.5 Å². The summed E-state index contributed by atoms with van der Waals surface area (Å²) >= 11 is 6.16. The van der Waals surface area contributed by atoms with Gasteiger partial charge in [0.2, 0.25) is 0 Å². The summed E-state index contributed by atoms with van der Waals surface area (Å²) in [6.07, 6.45) is 3.50. The molecule has 1 atom stereocenters. The number of hydrogen-bond donors (Lipinski definition) is 1. The number of carbonyl (C=O) groups is 1. The van der Waals surface area contributed by atoms with E-state index in [1.807, 2.05) is 19.1 Å². The summed E-state index contributed by atoms with van der Waals surface area (Å²) in [6.45, 7) is 2.12. The van der Waals surface area contributed by atoms with Crippen molar-refractivity contribution in [2.75, 3.05) is 6.61 Å². The number of halogens is 1. The Morgan fingerprint density at radius 3 is 2.63 bits per heavy atom. The fourth-order valence-corrected chi connectivity index (χ4v) is 2.08. The Morgan fingerprint density at radius 1 is 1.37 bits per heavy atom. The van der Waals surface area contributed by atoms with Crippen LogP contribution in [0.25, 0.3) is 0 Å². The molecular formula is C15H21ClO3. The molecule has 0 amide bonds. The molecule has 1 aromatic rings. The van der Waals surface area contributed by atoms with Gasteiger partial charge in [0, 0.05) is 18.4 Å². The quantitative estimate of drug-likeness (QED) is 0.452. The van der Waals surface area contributed by atoms with Crippen molar-refractivity contribution in [3.63, 3.8) is 0 Å². The molecule has 0 saturated heterocycles. The van der Waals surface area contributed by atoms with Crippen LogP contribution in [0.1, 0.15) is 38.2 Å². The number of carbonyl (C=O) groups excluding carboxylic acids is 1. The Morgan fingerprint density at radius 2 is 2.05 bits per heavy atom. The molecule has 0 heterocycles. The van der Waals surface area contributed by atoms with Crippen LogP contribution in [0.15, 0.2) is 24.3 Å². The molecule has 0 saturated carbocycles. The first-order valence-electron chi connectivity index (χ1n) is 6.70. The fourth-order valence-electron chi connectivity index (χ4n) is 1.75. The van der Waals surface area contributed by atoms with Gasteiger partial charge in [-0.3, -0.25) is 4.79 Å². The van der Waals surface area contributed by atoms with Gasteiger partial charge in [-0.05, 0) is 43.4 Å². The van der Waals surface area contributed by atoms with Crippen molar-refractivity contribution in [2.45, 2.75) is 44.4 Å². The Kier molecular flexibility index (Phi) is 7.53. The summed E-state index contributed by atoms with van der Waals surface area (Å²) in [6, 6.07) is 7.42. The van der Waals surface area contributed by atoms with Gasteiger partial charge in [0.05, 0.1) is 0 Å². The minimum Gasteiger partial charge on any atom is -0.427 e. The lowest BCUT2D eigenvalue weighted by atomic mass is 10.1. The lowest BCUT2D eigenvalue weighted by Gasteiger charge is -2.09. The first kappa shape index (κ1) is 16.0. The minimum atomic E-state index is -0.201.